The highest BCUT2D eigenvalue weighted by atomic mass is 16.1. The van der Waals surface area contributed by atoms with E-state index in [9.17, 15) is 4.79 Å². The average Bonchev–Trinajstić information content (AvgIpc) is 2.61. The second-order valence-electron chi connectivity index (χ2n) is 5.05. The van der Waals surface area contributed by atoms with Gasteiger partial charge in [-0.3, -0.25) is 9.13 Å². The van der Waals surface area contributed by atoms with Crippen molar-refractivity contribution in [3.05, 3.63) is 34.2 Å². The maximum absolute atomic E-state index is 11.8. The van der Waals surface area contributed by atoms with E-state index < -0.39 is 0 Å². The lowest BCUT2D eigenvalue weighted by atomic mass is 10.1. The number of fused-ring (bicyclic) bond motifs is 1. The Morgan fingerprint density at radius 1 is 1.22 bits per heavy atom. The number of benzene rings is 1. The van der Waals surface area contributed by atoms with Crippen LogP contribution in [-0.4, -0.2) is 15.2 Å². The van der Waals surface area contributed by atoms with Gasteiger partial charge in [0, 0.05) is 19.7 Å². The Morgan fingerprint density at radius 3 is 2.56 bits per heavy atom. The van der Waals surface area contributed by atoms with E-state index in [0.717, 1.165) is 17.6 Å². The second kappa shape index (κ2) is 4.98. The van der Waals surface area contributed by atoms with E-state index in [0.29, 0.717) is 6.04 Å². The molecule has 4 heteroatoms. The third-order valence-electron chi connectivity index (χ3n) is 3.74. The summed E-state index contributed by atoms with van der Waals surface area (Å²) in [6.45, 7) is 5.40. The summed E-state index contributed by atoms with van der Waals surface area (Å²) in [6, 6.07) is 6.91. The van der Waals surface area contributed by atoms with Crippen LogP contribution in [0.1, 0.15) is 25.8 Å². The Kier molecular flexibility index (Phi) is 3.57. The molecule has 18 heavy (non-hydrogen) atoms. The summed E-state index contributed by atoms with van der Waals surface area (Å²) in [4.78, 5) is 11.8. The number of hydrogen-bond acceptors (Lipinski definition) is 1. The molecular formula is C14H22N3O+. The number of quaternary nitrogens is 1. The summed E-state index contributed by atoms with van der Waals surface area (Å²) in [5, 5.41) is 2.34. The third-order valence-corrected chi connectivity index (χ3v) is 3.74. The molecule has 98 valence electrons. The van der Waals surface area contributed by atoms with E-state index in [-0.39, 0.29) is 5.69 Å². The lowest BCUT2D eigenvalue weighted by molar-refractivity contribution is -0.701. The SMILES string of the molecule is CC[C@@H](C)[NH2+]Cc1ccc2c(c1)n(C)c(=O)n2C. The Hall–Kier alpha value is -1.55. The first-order valence-electron chi connectivity index (χ1n) is 6.52. The predicted molar refractivity (Wildman–Crippen MR) is 73.5 cm³/mol. The zero-order chi connectivity index (χ0) is 13.3. The monoisotopic (exact) mass is 248 g/mol. The number of aryl methyl sites for hydroxylation is 2. The summed E-state index contributed by atoms with van der Waals surface area (Å²) in [7, 11) is 3.64. The molecule has 1 atom stereocenters. The minimum atomic E-state index is 0.0352. The van der Waals surface area contributed by atoms with Crippen LogP contribution in [0.3, 0.4) is 0 Å². The highest BCUT2D eigenvalue weighted by Gasteiger charge is 2.09. The Morgan fingerprint density at radius 2 is 1.89 bits per heavy atom. The van der Waals surface area contributed by atoms with Gasteiger partial charge >= 0.3 is 5.69 Å². The van der Waals surface area contributed by atoms with E-state index in [4.69, 9.17) is 0 Å². The van der Waals surface area contributed by atoms with Gasteiger partial charge in [-0.25, -0.2) is 4.79 Å². The van der Waals surface area contributed by atoms with Crippen molar-refractivity contribution < 1.29 is 5.32 Å². The quantitative estimate of drug-likeness (QED) is 0.852. The minimum Gasteiger partial charge on any atom is -0.340 e. The minimum absolute atomic E-state index is 0.0352. The first-order chi connectivity index (χ1) is 8.54. The Balaban J connectivity index is 2.33. The van der Waals surface area contributed by atoms with E-state index >= 15 is 0 Å². The van der Waals surface area contributed by atoms with Crippen LogP contribution < -0.4 is 11.0 Å². The van der Waals surface area contributed by atoms with Crippen LogP contribution in [-0.2, 0) is 20.6 Å². The average molecular weight is 248 g/mol. The number of nitrogens with zero attached hydrogens (tertiary/aromatic N) is 2. The number of rotatable bonds is 4. The highest BCUT2D eigenvalue weighted by molar-refractivity contribution is 5.76. The lowest BCUT2D eigenvalue weighted by Gasteiger charge is -2.08. The highest BCUT2D eigenvalue weighted by Crippen LogP contribution is 2.13. The number of hydrogen-bond donors (Lipinski definition) is 1. The fraction of sp³-hybridized carbons (Fsp3) is 0.500. The first-order valence-corrected chi connectivity index (χ1v) is 6.52. The van der Waals surface area contributed by atoms with Gasteiger partial charge in [0.2, 0.25) is 0 Å². The molecule has 2 aromatic rings. The molecule has 2 N–H and O–H groups in total. The zero-order valence-corrected chi connectivity index (χ0v) is 11.6. The molecular weight excluding hydrogens is 226 g/mol. The topological polar surface area (TPSA) is 43.5 Å². The second-order valence-corrected chi connectivity index (χ2v) is 5.05. The molecule has 1 aromatic carbocycles. The van der Waals surface area contributed by atoms with Crippen LogP contribution in [0.25, 0.3) is 11.0 Å². The molecule has 2 rings (SSSR count). The van der Waals surface area contributed by atoms with Crippen LogP contribution in [0.15, 0.2) is 23.0 Å². The number of imidazole rings is 1. The van der Waals surface area contributed by atoms with Crippen LogP contribution in [0.2, 0.25) is 0 Å². The predicted octanol–water partition coefficient (Wildman–Crippen LogP) is 0.739. The fourth-order valence-electron chi connectivity index (χ4n) is 2.18. The molecule has 0 spiro atoms. The van der Waals surface area contributed by atoms with E-state index in [1.54, 1.807) is 9.13 Å². The molecule has 0 aliphatic rings. The molecule has 0 bridgehead atoms. The van der Waals surface area contributed by atoms with Crippen molar-refractivity contribution in [1.29, 1.82) is 0 Å². The molecule has 0 saturated heterocycles. The smallest absolute Gasteiger partial charge is 0.328 e. The van der Waals surface area contributed by atoms with Crippen molar-refractivity contribution in [2.24, 2.45) is 14.1 Å². The zero-order valence-electron chi connectivity index (χ0n) is 11.6. The third kappa shape index (κ3) is 2.20. The van der Waals surface area contributed by atoms with Crippen LogP contribution >= 0.6 is 0 Å². The molecule has 1 aromatic heterocycles. The molecule has 0 amide bonds. The van der Waals surface area contributed by atoms with Gasteiger partial charge in [0.15, 0.2) is 0 Å². The summed E-state index contributed by atoms with van der Waals surface area (Å²) >= 11 is 0. The standard InChI is InChI=1S/C14H21N3O/c1-5-10(2)15-9-11-6-7-12-13(8-11)17(4)14(18)16(12)3/h6-8,10,15H,5,9H2,1-4H3/p+1/t10-/m1/s1. The molecule has 0 radical (unpaired) electrons. The maximum atomic E-state index is 11.8. The molecule has 0 aliphatic heterocycles. The van der Waals surface area contributed by atoms with Gasteiger partial charge in [-0.15, -0.1) is 0 Å². The fourth-order valence-corrected chi connectivity index (χ4v) is 2.18. The van der Waals surface area contributed by atoms with E-state index in [1.807, 2.05) is 20.2 Å². The summed E-state index contributed by atoms with van der Waals surface area (Å²) < 4.78 is 3.40. The normalized spacial score (nSPS) is 13.1. The van der Waals surface area contributed by atoms with Crippen molar-refractivity contribution in [3.8, 4) is 0 Å². The van der Waals surface area contributed by atoms with Crippen LogP contribution in [0, 0.1) is 0 Å². The Labute approximate surface area is 107 Å². The number of aromatic nitrogens is 2. The van der Waals surface area contributed by atoms with Crippen molar-refractivity contribution in [2.45, 2.75) is 32.9 Å². The van der Waals surface area contributed by atoms with Gasteiger partial charge in [-0.1, -0.05) is 13.0 Å². The molecule has 0 fully saturated rings. The molecule has 4 nitrogen and oxygen atoms in total. The molecule has 0 saturated carbocycles. The van der Waals surface area contributed by atoms with Crippen molar-refractivity contribution in [2.75, 3.05) is 0 Å². The van der Waals surface area contributed by atoms with Gasteiger partial charge in [0.1, 0.15) is 6.54 Å². The maximum Gasteiger partial charge on any atom is 0.328 e. The summed E-state index contributed by atoms with van der Waals surface area (Å²) in [6.07, 6.45) is 1.17. The number of nitrogens with two attached hydrogens (primary N) is 1. The largest absolute Gasteiger partial charge is 0.340 e. The van der Waals surface area contributed by atoms with Gasteiger partial charge < -0.3 is 5.32 Å². The van der Waals surface area contributed by atoms with E-state index in [2.05, 4.69) is 31.3 Å². The molecule has 1 heterocycles. The van der Waals surface area contributed by atoms with Crippen LogP contribution in [0.4, 0.5) is 0 Å². The van der Waals surface area contributed by atoms with E-state index in [1.165, 1.54) is 12.0 Å². The summed E-state index contributed by atoms with van der Waals surface area (Å²) in [5.74, 6) is 0. The first kappa shape index (κ1) is 12.9. The van der Waals surface area contributed by atoms with Gasteiger partial charge in [0.25, 0.3) is 0 Å². The lowest BCUT2D eigenvalue weighted by Crippen LogP contribution is -2.87. The van der Waals surface area contributed by atoms with Crippen molar-refractivity contribution in [1.82, 2.24) is 9.13 Å². The van der Waals surface area contributed by atoms with Crippen LogP contribution in [0.5, 0.6) is 0 Å². The van der Waals surface area contributed by atoms with Gasteiger partial charge in [0.05, 0.1) is 17.1 Å². The van der Waals surface area contributed by atoms with Gasteiger partial charge in [-0.2, -0.15) is 0 Å². The van der Waals surface area contributed by atoms with Crippen molar-refractivity contribution >= 4 is 11.0 Å². The molecule has 0 aliphatic carbocycles. The summed E-state index contributed by atoms with van der Waals surface area (Å²) in [5.41, 5.74) is 3.31. The Bertz CT molecular complexity index is 609. The van der Waals surface area contributed by atoms with Crippen molar-refractivity contribution in [3.63, 3.8) is 0 Å². The molecule has 0 unspecified atom stereocenters. The van der Waals surface area contributed by atoms with Gasteiger partial charge in [-0.05, 0) is 25.5 Å².